The number of carbonyl (C=O) groups is 1. The molecule has 1 aromatic rings. The molecule has 0 saturated carbocycles. The molecule has 0 radical (unpaired) electrons. The maximum Gasteiger partial charge on any atom is 0.321 e. The summed E-state index contributed by atoms with van der Waals surface area (Å²) in [5, 5.41) is 2.49. The van der Waals surface area contributed by atoms with Crippen molar-refractivity contribution < 1.29 is 13.6 Å². The number of urea groups is 1. The second kappa shape index (κ2) is 5.55. The van der Waals surface area contributed by atoms with Gasteiger partial charge in [0.25, 0.3) is 0 Å². The van der Waals surface area contributed by atoms with Crippen molar-refractivity contribution >= 4 is 11.7 Å². The Morgan fingerprint density at radius 1 is 1.26 bits per heavy atom. The van der Waals surface area contributed by atoms with Crippen LogP contribution < -0.4 is 5.32 Å². The summed E-state index contributed by atoms with van der Waals surface area (Å²) in [6.07, 6.45) is 1.09. The van der Waals surface area contributed by atoms with Crippen LogP contribution in [-0.4, -0.2) is 24.0 Å². The van der Waals surface area contributed by atoms with E-state index in [1.165, 1.54) is 6.07 Å². The Hall–Kier alpha value is -1.65. The van der Waals surface area contributed by atoms with E-state index in [2.05, 4.69) is 19.2 Å². The molecule has 1 N–H and O–H groups in total. The number of amides is 2. The minimum atomic E-state index is -0.758. The lowest BCUT2D eigenvalue weighted by molar-refractivity contribution is 0.156. The number of piperidine rings is 1. The highest BCUT2D eigenvalue weighted by atomic mass is 19.1. The number of hydrogen-bond donors (Lipinski definition) is 1. The Labute approximate surface area is 111 Å². The van der Waals surface area contributed by atoms with E-state index in [-0.39, 0.29) is 11.7 Å². The maximum atomic E-state index is 13.5. The van der Waals surface area contributed by atoms with Gasteiger partial charge in [-0.1, -0.05) is 13.8 Å². The van der Waals surface area contributed by atoms with Gasteiger partial charge in [0.1, 0.15) is 11.6 Å². The number of nitrogens with zero attached hydrogens (tertiary/aromatic N) is 1. The Kier molecular flexibility index (Phi) is 4.02. The summed E-state index contributed by atoms with van der Waals surface area (Å²) in [5.41, 5.74) is 0.0114. The summed E-state index contributed by atoms with van der Waals surface area (Å²) in [6, 6.07) is 2.79. The van der Waals surface area contributed by atoms with Crippen molar-refractivity contribution in [3.8, 4) is 0 Å². The Morgan fingerprint density at radius 2 is 1.89 bits per heavy atom. The summed E-state index contributed by atoms with van der Waals surface area (Å²) >= 11 is 0. The van der Waals surface area contributed by atoms with Gasteiger partial charge in [0.2, 0.25) is 0 Å². The lowest BCUT2D eigenvalue weighted by atomic mass is 9.92. The molecule has 1 aliphatic rings. The van der Waals surface area contributed by atoms with Gasteiger partial charge < -0.3 is 10.2 Å². The van der Waals surface area contributed by atoms with Gasteiger partial charge >= 0.3 is 6.03 Å². The van der Waals surface area contributed by atoms with Crippen LogP contribution in [0.25, 0.3) is 0 Å². The zero-order chi connectivity index (χ0) is 14.0. The van der Waals surface area contributed by atoms with Crippen LogP contribution in [0.15, 0.2) is 18.2 Å². The van der Waals surface area contributed by atoms with Gasteiger partial charge in [0.05, 0.1) is 5.69 Å². The highest BCUT2D eigenvalue weighted by molar-refractivity contribution is 5.89. The summed E-state index contributed by atoms with van der Waals surface area (Å²) in [4.78, 5) is 13.7. The molecular weight excluding hydrogens is 250 g/mol. The van der Waals surface area contributed by atoms with E-state index in [0.29, 0.717) is 24.9 Å². The first-order chi connectivity index (χ1) is 8.95. The second-order valence-electron chi connectivity index (χ2n) is 5.41. The summed E-state index contributed by atoms with van der Waals surface area (Å²) < 4.78 is 26.2. The average molecular weight is 268 g/mol. The molecule has 1 heterocycles. The lowest BCUT2D eigenvalue weighted by Crippen LogP contribution is -2.44. The van der Waals surface area contributed by atoms with Gasteiger partial charge in [0, 0.05) is 19.2 Å². The number of halogens is 2. The van der Waals surface area contributed by atoms with E-state index in [0.717, 1.165) is 18.6 Å². The standard InChI is InChI=1S/C14H18F2N2O/c1-9-5-10(2)8-18(7-9)14(19)17-13-4-3-11(15)6-12(13)16/h3-4,6,9-10H,5,7-8H2,1-2H3,(H,17,19)/t9-,10-/m0/s1. The third kappa shape index (κ3) is 3.43. The quantitative estimate of drug-likeness (QED) is 0.831. The fourth-order valence-electron chi connectivity index (χ4n) is 2.61. The van der Waals surface area contributed by atoms with Crippen LogP contribution in [0.2, 0.25) is 0 Å². The number of hydrogen-bond acceptors (Lipinski definition) is 1. The summed E-state index contributed by atoms with van der Waals surface area (Å²) in [7, 11) is 0. The molecule has 2 atom stereocenters. The molecule has 0 bridgehead atoms. The first kappa shape index (κ1) is 13.8. The minimum Gasteiger partial charge on any atom is -0.324 e. The fraction of sp³-hybridized carbons (Fsp3) is 0.500. The van der Waals surface area contributed by atoms with E-state index < -0.39 is 11.6 Å². The smallest absolute Gasteiger partial charge is 0.321 e. The molecule has 5 heteroatoms. The monoisotopic (exact) mass is 268 g/mol. The molecule has 1 fully saturated rings. The first-order valence-corrected chi connectivity index (χ1v) is 6.46. The molecule has 2 amide bonds. The zero-order valence-corrected chi connectivity index (χ0v) is 11.1. The molecule has 0 spiro atoms. The molecule has 19 heavy (non-hydrogen) atoms. The van der Waals surface area contributed by atoms with Crippen LogP contribution in [0.5, 0.6) is 0 Å². The molecule has 0 aliphatic carbocycles. The van der Waals surface area contributed by atoms with E-state index in [1.807, 2.05) is 0 Å². The van der Waals surface area contributed by atoms with Crippen LogP contribution in [0.1, 0.15) is 20.3 Å². The van der Waals surface area contributed by atoms with Gasteiger partial charge in [-0.15, -0.1) is 0 Å². The molecule has 0 unspecified atom stereocenters. The van der Waals surface area contributed by atoms with Crippen LogP contribution >= 0.6 is 0 Å². The van der Waals surface area contributed by atoms with Crippen LogP contribution in [0.3, 0.4) is 0 Å². The highest BCUT2D eigenvalue weighted by Gasteiger charge is 2.25. The van der Waals surface area contributed by atoms with Crippen LogP contribution in [0, 0.1) is 23.5 Å². The summed E-state index contributed by atoms with van der Waals surface area (Å²) in [5.74, 6) is -0.540. The van der Waals surface area contributed by atoms with Crippen molar-refractivity contribution in [2.75, 3.05) is 18.4 Å². The van der Waals surface area contributed by atoms with Gasteiger partial charge in [-0.25, -0.2) is 13.6 Å². The molecule has 1 saturated heterocycles. The third-order valence-electron chi connectivity index (χ3n) is 3.33. The van der Waals surface area contributed by atoms with E-state index in [9.17, 15) is 13.6 Å². The summed E-state index contributed by atoms with van der Waals surface area (Å²) in [6.45, 7) is 5.51. The molecule has 1 aromatic carbocycles. The highest BCUT2D eigenvalue weighted by Crippen LogP contribution is 2.22. The Bertz CT molecular complexity index is 469. The normalized spacial score (nSPS) is 23.3. The molecule has 0 aromatic heterocycles. The maximum absolute atomic E-state index is 13.5. The van der Waals surface area contributed by atoms with Crippen molar-refractivity contribution in [1.29, 1.82) is 0 Å². The lowest BCUT2D eigenvalue weighted by Gasteiger charge is -2.34. The SMILES string of the molecule is C[C@H]1C[C@H](C)CN(C(=O)Nc2ccc(F)cc2F)C1. The van der Waals surface area contributed by atoms with Crippen molar-refractivity contribution in [3.63, 3.8) is 0 Å². The third-order valence-corrected chi connectivity index (χ3v) is 3.33. The minimum absolute atomic E-state index is 0.0114. The second-order valence-corrected chi connectivity index (χ2v) is 5.41. The van der Waals surface area contributed by atoms with Crippen molar-refractivity contribution in [2.24, 2.45) is 11.8 Å². The van der Waals surface area contributed by atoms with Gasteiger partial charge in [-0.2, -0.15) is 0 Å². The van der Waals surface area contributed by atoms with Crippen LogP contribution in [0.4, 0.5) is 19.3 Å². The van der Waals surface area contributed by atoms with E-state index in [4.69, 9.17) is 0 Å². The van der Waals surface area contributed by atoms with Gasteiger partial charge in [-0.05, 0) is 30.4 Å². The Morgan fingerprint density at radius 3 is 2.47 bits per heavy atom. The average Bonchev–Trinajstić information content (AvgIpc) is 2.31. The van der Waals surface area contributed by atoms with Crippen LogP contribution in [-0.2, 0) is 0 Å². The molecule has 2 rings (SSSR count). The molecular formula is C14H18F2N2O. The zero-order valence-electron chi connectivity index (χ0n) is 11.1. The topological polar surface area (TPSA) is 32.3 Å². The Balaban J connectivity index is 2.04. The van der Waals surface area contributed by atoms with E-state index in [1.54, 1.807) is 4.90 Å². The predicted molar refractivity (Wildman–Crippen MR) is 69.9 cm³/mol. The molecule has 3 nitrogen and oxygen atoms in total. The van der Waals surface area contributed by atoms with Gasteiger partial charge in [-0.3, -0.25) is 0 Å². The molecule has 104 valence electrons. The first-order valence-electron chi connectivity index (χ1n) is 6.46. The number of benzene rings is 1. The van der Waals surface area contributed by atoms with Crippen molar-refractivity contribution in [1.82, 2.24) is 4.90 Å². The predicted octanol–water partition coefficient (Wildman–Crippen LogP) is 3.47. The van der Waals surface area contributed by atoms with Gasteiger partial charge in [0.15, 0.2) is 0 Å². The van der Waals surface area contributed by atoms with Crippen molar-refractivity contribution in [2.45, 2.75) is 20.3 Å². The molecule has 1 aliphatic heterocycles. The number of carbonyl (C=O) groups excluding carboxylic acids is 1. The van der Waals surface area contributed by atoms with E-state index >= 15 is 0 Å². The largest absolute Gasteiger partial charge is 0.324 e. The van der Waals surface area contributed by atoms with Crippen molar-refractivity contribution in [3.05, 3.63) is 29.8 Å². The number of rotatable bonds is 1. The number of anilines is 1. The number of likely N-dealkylation sites (tertiary alicyclic amines) is 1. The number of nitrogens with one attached hydrogen (secondary N) is 1. The fourth-order valence-corrected chi connectivity index (χ4v) is 2.61.